The second kappa shape index (κ2) is 66.9. The van der Waals surface area contributed by atoms with E-state index in [9.17, 15) is 14.7 Å². The van der Waals surface area contributed by atoms with E-state index in [4.69, 9.17) is 9.47 Å². The van der Waals surface area contributed by atoms with Crippen LogP contribution in [0.3, 0.4) is 0 Å². The molecule has 76 heavy (non-hydrogen) atoms. The first kappa shape index (κ1) is 73.6. The molecule has 5 nitrogen and oxygen atoms in total. The molecule has 0 bridgehead atoms. The SMILES string of the molecule is CC/C=C\C/C=C\C/C=C\C/C=C\C/C=C\CCCCCCCCCCCCCC(=O)OC(CO)COC(=O)CCCCCCCCCCCCCCCCCCCCCCCCCCCCCCCCCCCCC. The Kier molecular flexibility index (Phi) is 64.8. The lowest BCUT2D eigenvalue weighted by molar-refractivity contribution is -0.161. The van der Waals surface area contributed by atoms with E-state index in [-0.39, 0.29) is 25.2 Å². The molecule has 0 heterocycles. The maximum Gasteiger partial charge on any atom is 0.306 e. The van der Waals surface area contributed by atoms with E-state index >= 15 is 0 Å². The molecule has 0 aromatic rings. The van der Waals surface area contributed by atoms with Crippen molar-refractivity contribution in [1.29, 1.82) is 0 Å². The van der Waals surface area contributed by atoms with Gasteiger partial charge in [-0.3, -0.25) is 9.59 Å². The predicted molar refractivity (Wildman–Crippen MR) is 334 cm³/mol. The molecule has 0 aromatic heterocycles. The second-order valence-electron chi connectivity index (χ2n) is 22.9. The third-order valence-electron chi connectivity index (χ3n) is 15.3. The highest BCUT2D eigenvalue weighted by atomic mass is 16.6. The number of esters is 2. The average Bonchev–Trinajstić information content (AvgIpc) is 3.42. The van der Waals surface area contributed by atoms with Crippen LogP contribution in [0.25, 0.3) is 0 Å². The molecule has 1 N–H and O–H groups in total. The molecule has 5 heteroatoms. The summed E-state index contributed by atoms with van der Waals surface area (Å²) >= 11 is 0. The Balaban J connectivity index is 3.41. The molecule has 0 rings (SSSR count). The summed E-state index contributed by atoms with van der Waals surface area (Å²) in [5.41, 5.74) is 0. The first-order valence-corrected chi connectivity index (χ1v) is 33.8. The zero-order chi connectivity index (χ0) is 54.8. The van der Waals surface area contributed by atoms with Gasteiger partial charge in [0.1, 0.15) is 6.61 Å². The Morgan fingerprint density at radius 3 is 0.855 bits per heavy atom. The van der Waals surface area contributed by atoms with E-state index in [2.05, 4.69) is 74.6 Å². The minimum absolute atomic E-state index is 0.0644. The number of allylic oxidation sites excluding steroid dienone is 10. The highest BCUT2D eigenvalue weighted by Gasteiger charge is 2.16. The Bertz CT molecular complexity index is 1300. The van der Waals surface area contributed by atoms with Crippen molar-refractivity contribution in [2.45, 2.75) is 367 Å². The van der Waals surface area contributed by atoms with Crippen LogP contribution in [0.1, 0.15) is 361 Å². The van der Waals surface area contributed by atoms with Crippen molar-refractivity contribution in [2.75, 3.05) is 13.2 Å². The normalized spacial score (nSPS) is 12.5. The topological polar surface area (TPSA) is 72.8 Å². The van der Waals surface area contributed by atoms with E-state index in [1.807, 2.05) is 0 Å². The van der Waals surface area contributed by atoms with Crippen molar-refractivity contribution in [3.8, 4) is 0 Å². The van der Waals surface area contributed by atoms with E-state index < -0.39 is 6.10 Å². The lowest BCUT2D eigenvalue weighted by atomic mass is 10.0. The summed E-state index contributed by atoms with van der Waals surface area (Å²) < 4.78 is 10.8. The fourth-order valence-corrected chi connectivity index (χ4v) is 10.3. The van der Waals surface area contributed by atoms with Crippen LogP contribution >= 0.6 is 0 Å². The van der Waals surface area contributed by atoms with Crippen LogP contribution in [0.4, 0.5) is 0 Å². The molecule has 0 fully saturated rings. The molecule has 0 amide bonds. The van der Waals surface area contributed by atoms with Crippen molar-refractivity contribution in [2.24, 2.45) is 0 Å². The van der Waals surface area contributed by atoms with Crippen LogP contribution in [0.15, 0.2) is 60.8 Å². The zero-order valence-electron chi connectivity index (χ0n) is 51.0. The van der Waals surface area contributed by atoms with Crippen LogP contribution in [-0.4, -0.2) is 36.4 Å². The molecule has 0 saturated heterocycles. The fourth-order valence-electron chi connectivity index (χ4n) is 10.3. The van der Waals surface area contributed by atoms with E-state index in [0.717, 1.165) is 70.6 Å². The first-order valence-electron chi connectivity index (χ1n) is 33.8. The van der Waals surface area contributed by atoms with Gasteiger partial charge in [0.05, 0.1) is 6.61 Å². The van der Waals surface area contributed by atoms with E-state index in [1.165, 1.54) is 263 Å². The summed E-state index contributed by atoms with van der Waals surface area (Å²) in [5.74, 6) is -0.578. The molecule has 1 unspecified atom stereocenters. The van der Waals surface area contributed by atoms with Crippen molar-refractivity contribution in [1.82, 2.24) is 0 Å². The minimum atomic E-state index is -0.776. The molecular weight excluding hydrogens is 933 g/mol. The highest BCUT2D eigenvalue weighted by molar-refractivity contribution is 5.70. The zero-order valence-corrected chi connectivity index (χ0v) is 51.0. The summed E-state index contributed by atoms with van der Waals surface area (Å²) in [6, 6.07) is 0. The number of hydrogen-bond acceptors (Lipinski definition) is 5. The molecule has 0 aliphatic carbocycles. The third kappa shape index (κ3) is 64.1. The first-order chi connectivity index (χ1) is 37.6. The quantitative estimate of drug-likeness (QED) is 0.0373. The fraction of sp³-hybridized carbons (Fsp3) is 0.831. The van der Waals surface area contributed by atoms with Crippen LogP contribution in [0.5, 0.6) is 0 Å². The summed E-state index contributed by atoms with van der Waals surface area (Å²) in [7, 11) is 0. The molecule has 0 spiro atoms. The van der Waals surface area contributed by atoms with Crippen molar-refractivity contribution in [3.63, 3.8) is 0 Å². The number of aliphatic hydroxyl groups excluding tert-OH is 1. The largest absolute Gasteiger partial charge is 0.462 e. The maximum atomic E-state index is 12.3. The smallest absolute Gasteiger partial charge is 0.306 e. The minimum Gasteiger partial charge on any atom is -0.462 e. The van der Waals surface area contributed by atoms with Crippen LogP contribution in [-0.2, 0) is 19.1 Å². The van der Waals surface area contributed by atoms with Gasteiger partial charge in [-0.25, -0.2) is 0 Å². The molecule has 0 aliphatic heterocycles. The van der Waals surface area contributed by atoms with E-state index in [1.54, 1.807) is 0 Å². The third-order valence-corrected chi connectivity index (χ3v) is 15.3. The van der Waals surface area contributed by atoms with Gasteiger partial charge in [-0.2, -0.15) is 0 Å². The molecule has 0 aromatic carbocycles. The molecule has 444 valence electrons. The molecule has 0 aliphatic rings. The standard InChI is InChI=1S/C71H130O5/c1-3-5-7-9-11-13-15-17-19-21-23-25-27-29-31-32-33-34-35-36-37-38-40-41-43-45-47-49-51-53-55-57-59-61-63-65-70(73)75-68-69(67-72)76-71(74)66-64-62-60-58-56-54-52-50-48-46-44-42-39-30-28-26-24-22-20-18-16-14-12-10-8-6-4-2/h6,8,12,14,18,20,24,26,30,39,69,72H,3-5,7,9-11,13,15-17,19,21-23,25,27-29,31-38,40-68H2,1-2H3/b8-6-,14-12-,20-18-,26-24-,39-30-. The van der Waals surface area contributed by atoms with Gasteiger partial charge in [-0.05, 0) is 57.8 Å². The second-order valence-corrected chi connectivity index (χ2v) is 22.9. The number of carbonyl (C=O) groups is 2. The summed E-state index contributed by atoms with van der Waals surface area (Å²) in [6.45, 7) is 4.08. The Hall–Kier alpha value is -2.40. The average molecular weight is 1060 g/mol. The lowest BCUT2D eigenvalue weighted by Gasteiger charge is -2.15. The van der Waals surface area contributed by atoms with Crippen LogP contribution in [0.2, 0.25) is 0 Å². The van der Waals surface area contributed by atoms with Gasteiger partial charge in [0.2, 0.25) is 0 Å². The van der Waals surface area contributed by atoms with Gasteiger partial charge < -0.3 is 14.6 Å². The number of ether oxygens (including phenoxy) is 2. The Morgan fingerprint density at radius 2 is 0.566 bits per heavy atom. The van der Waals surface area contributed by atoms with Gasteiger partial charge in [-0.15, -0.1) is 0 Å². The molecule has 1 atom stereocenters. The van der Waals surface area contributed by atoms with E-state index in [0.29, 0.717) is 12.8 Å². The Morgan fingerprint density at radius 1 is 0.316 bits per heavy atom. The number of carbonyl (C=O) groups excluding carboxylic acids is 2. The van der Waals surface area contributed by atoms with Crippen LogP contribution < -0.4 is 0 Å². The van der Waals surface area contributed by atoms with Gasteiger partial charge in [0, 0.05) is 12.8 Å². The Labute approximate surface area is 474 Å². The summed E-state index contributed by atoms with van der Waals surface area (Å²) in [6.07, 6.45) is 91.1. The highest BCUT2D eigenvalue weighted by Crippen LogP contribution is 2.19. The monoisotopic (exact) mass is 1060 g/mol. The van der Waals surface area contributed by atoms with Gasteiger partial charge in [-0.1, -0.05) is 351 Å². The van der Waals surface area contributed by atoms with Gasteiger partial charge in [0.15, 0.2) is 6.10 Å². The van der Waals surface area contributed by atoms with Gasteiger partial charge >= 0.3 is 11.9 Å². The summed E-state index contributed by atoms with van der Waals surface area (Å²) in [5, 5.41) is 9.69. The van der Waals surface area contributed by atoms with Crippen LogP contribution in [0, 0.1) is 0 Å². The molecule has 0 radical (unpaired) electrons. The summed E-state index contributed by atoms with van der Waals surface area (Å²) in [4.78, 5) is 24.6. The molecule has 0 saturated carbocycles. The predicted octanol–water partition coefficient (Wildman–Crippen LogP) is 23.3. The van der Waals surface area contributed by atoms with Crippen molar-refractivity contribution in [3.05, 3.63) is 60.8 Å². The van der Waals surface area contributed by atoms with Crippen molar-refractivity contribution < 1.29 is 24.2 Å². The number of hydrogen-bond donors (Lipinski definition) is 1. The maximum absolute atomic E-state index is 12.3. The molecular formula is C71H130O5. The lowest BCUT2D eigenvalue weighted by Crippen LogP contribution is -2.28. The number of aliphatic hydroxyl groups is 1. The van der Waals surface area contributed by atoms with Crippen molar-refractivity contribution >= 4 is 11.9 Å². The number of unbranched alkanes of at least 4 members (excludes halogenated alkanes) is 45. The number of rotatable bonds is 63. The van der Waals surface area contributed by atoms with Gasteiger partial charge in [0.25, 0.3) is 0 Å².